The van der Waals surface area contributed by atoms with E-state index in [2.05, 4.69) is 15.6 Å². The van der Waals surface area contributed by atoms with E-state index in [0.29, 0.717) is 18.8 Å². The summed E-state index contributed by atoms with van der Waals surface area (Å²) in [5.41, 5.74) is 3.63. The predicted molar refractivity (Wildman–Crippen MR) is 100 cm³/mol. The summed E-state index contributed by atoms with van der Waals surface area (Å²) in [4.78, 5) is 16.4. The van der Waals surface area contributed by atoms with Gasteiger partial charge in [-0.15, -0.1) is 0 Å². The number of ether oxygens (including phenoxy) is 1. The van der Waals surface area contributed by atoms with Gasteiger partial charge in [0.2, 0.25) is 0 Å². The second kappa shape index (κ2) is 7.66. The van der Waals surface area contributed by atoms with E-state index in [1.165, 1.54) is 0 Å². The second-order valence-electron chi connectivity index (χ2n) is 5.83. The van der Waals surface area contributed by atoms with Gasteiger partial charge >= 0.3 is 6.03 Å². The first-order valence-electron chi connectivity index (χ1n) is 8.23. The van der Waals surface area contributed by atoms with Crippen molar-refractivity contribution in [2.75, 3.05) is 18.5 Å². The van der Waals surface area contributed by atoms with Crippen molar-refractivity contribution < 1.29 is 9.53 Å². The Labute approximate surface area is 147 Å². The van der Waals surface area contributed by atoms with Gasteiger partial charge in [0.15, 0.2) is 0 Å². The number of carbonyl (C=O) groups excluding carboxylic acids is 1. The first kappa shape index (κ1) is 16.8. The molecule has 3 aromatic rings. The van der Waals surface area contributed by atoms with Crippen LogP contribution in [0.1, 0.15) is 11.1 Å². The Morgan fingerprint density at radius 2 is 1.76 bits per heavy atom. The maximum absolute atomic E-state index is 12.1. The van der Waals surface area contributed by atoms with Gasteiger partial charge < -0.3 is 15.4 Å². The van der Waals surface area contributed by atoms with Crippen LogP contribution in [0.5, 0.6) is 5.75 Å². The number of aromatic nitrogens is 1. The van der Waals surface area contributed by atoms with Crippen LogP contribution in [0.25, 0.3) is 10.9 Å². The molecule has 128 valence electrons. The number of amides is 2. The van der Waals surface area contributed by atoms with Gasteiger partial charge in [0, 0.05) is 11.6 Å². The van der Waals surface area contributed by atoms with Crippen LogP contribution in [0.15, 0.2) is 54.7 Å². The highest BCUT2D eigenvalue weighted by atomic mass is 16.5. The number of nitrogens with one attached hydrogen (secondary N) is 2. The highest BCUT2D eigenvalue weighted by Gasteiger charge is 2.07. The van der Waals surface area contributed by atoms with E-state index in [-0.39, 0.29) is 6.03 Å². The topological polar surface area (TPSA) is 63.2 Å². The molecule has 0 aliphatic rings. The van der Waals surface area contributed by atoms with Crippen LogP contribution in [0, 0.1) is 13.8 Å². The molecule has 3 rings (SSSR count). The lowest BCUT2D eigenvalue weighted by Gasteiger charge is -2.13. The average Bonchev–Trinajstić information content (AvgIpc) is 2.61. The molecule has 0 bridgehead atoms. The van der Waals surface area contributed by atoms with Gasteiger partial charge in [-0.2, -0.15) is 0 Å². The fraction of sp³-hybridized carbons (Fsp3) is 0.200. The number of fused-ring (bicyclic) bond motifs is 1. The molecule has 0 aliphatic heterocycles. The summed E-state index contributed by atoms with van der Waals surface area (Å²) in [5, 5.41) is 6.63. The summed E-state index contributed by atoms with van der Waals surface area (Å²) in [6, 6.07) is 15.3. The highest BCUT2D eigenvalue weighted by molar-refractivity contribution is 5.99. The lowest BCUT2D eigenvalue weighted by molar-refractivity contribution is 0.247. The molecule has 5 nitrogen and oxygen atoms in total. The summed E-state index contributed by atoms with van der Waals surface area (Å²) in [5.74, 6) is 0.878. The van der Waals surface area contributed by atoms with Crippen molar-refractivity contribution >= 4 is 22.6 Å². The molecule has 0 spiro atoms. The van der Waals surface area contributed by atoms with Crippen LogP contribution in [0.4, 0.5) is 10.5 Å². The number of hydrogen-bond donors (Lipinski definition) is 2. The third-order valence-electron chi connectivity index (χ3n) is 3.92. The second-order valence-corrected chi connectivity index (χ2v) is 5.83. The van der Waals surface area contributed by atoms with E-state index >= 15 is 0 Å². The van der Waals surface area contributed by atoms with Crippen LogP contribution in [0.2, 0.25) is 0 Å². The molecule has 0 unspecified atom stereocenters. The molecule has 2 N–H and O–H groups in total. The molecule has 2 amide bonds. The summed E-state index contributed by atoms with van der Waals surface area (Å²) >= 11 is 0. The molecule has 5 heteroatoms. The first-order valence-corrected chi connectivity index (χ1v) is 8.23. The highest BCUT2D eigenvalue weighted by Crippen LogP contribution is 2.22. The van der Waals surface area contributed by atoms with Gasteiger partial charge in [-0.3, -0.25) is 4.98 Å². The van der Waals surface area contributed by atoms with Gasteiger partial charge in [-0.1, -0.05) is 36.4 Å². The number of pyridine rings is 1. The Morgan fingerprint density at radius 3 is 2.56 bits per heavy atom. The van der Waals surface area contributed by atoms with E-state index in [1.54, 1.807) is 6.20 Å². The number of rotatable bonds is 5. The van der Waals surface area contributed by atoms with Crippen molar-refractivity contribution in [3.05, 3.63) is 65.9 Å². The number of benzene rings is 2. The fourth-order valence-electron chi connectivity index (χ4n) is 2.72. The Kier molecular flexibility index (Phi) is 5.14. The number of hydrogen-bond acceptors (Lipinski definition) is 3. The molecule has 0 saturated heterocycles. The van der Waals surface area contributed by atoms with E-state index in [1.807, 2.05) is 62.4 Å². The van der Waals surface area contributed by atoms with E-state index in [4.69, 9.17) is 4.74 Å². The molecule has 0 atom stereocenters. The molecule has 0 saturated carbocycles. The van der Waals surface area contributed by atoms with E-state index < -0.39 is 0 Å². The number of para-hydroxylation sites is 2. The van der Waals surface area contributed by atoms with Crippen molar-refractivity contribution in [2.24, 2.45) is 0 Å². The summed E-state index contributed by atoms with van der Waals surface area (Å²) in [7, 11) is 0. The number of aryl methyl sites for hydroxylation is 2. The number of urea groups is 1. The number of anilines is 1. The minimum atomic E-state index is -0.275. The Hall–Kier alpha value is -3.08. The molecule has 0 radical (unpaired) electrons. The molecule has 1 aromatic heterocycles. The third-order valence-corrected chi connectivity index (χ3v) is 3.92. The third kappa shape index (κ3) is 4.07. The SMILES string of the molecule is Cc1cccc(C)c1OCCNC(=O)Nc1cccc2cccnc12. The van der Waals surface area contributed by atoms with Crippen LogP contribution in [-0.2, 0) is 0 Å². The Morgan fingerprint density at radius 1 is 1.04 bits per heavy atom. The van der Waals surface area contributed by atoms with Crippen LogP contribution in [-0.4, -0.2) is 24.2 Å². The Bertz CT molecular complexity index is 867. The molecule has 2 aromatic carbocycles. The quantitative estimate of drug-likeness (QED) is 0.691. The zero-order valence-corrected chi connectivity index (χ0v) is 14.4. The summed E-state index contributed by atoms with van der Waals surface area (Å²) in [6.07, 6.45) is 1.71. The van der Waals surface area contributed by atoms with Crippen molar-refractivity contribution in [3.63, 3.8) is 0 Å². The summed E-state index contributed by atoms with van der Waals surface area (Å²) in [6.45, 7) is 4.84. The number of carbonyl (C=O) groups is 1. The zero-order valence-electron chi connectivity index (χ0n) is 14.4. The van der Waals surface area contributed by atoms with Gasteiger partial charge in [0.05, 0.1) is 17.7 Å². The zero-order chi connectivity index (χ0) is 17.6. The van der Waals surface area contributed by atoms with Gasteiger partial charge in [-0.25, -0.2) is 4.79 Å². The van der Waals surface area contributed by atoms with Gasteiger partial charge in [0.25, 0.3) is 0 Å². The smallest absolute Gasteiger partial charge is 0.319 e. The standard InChI is InChI=1S/C20H21N3O2/c1-14-6-3-7-15(2)19(14)25-13-12-22-20(24)23-17-10-4-8-16-9-5-11-21-18(16)17/h3-11H,12-13H2,1-2H3,(H2,22,23,24). The van der Waals surface area contributed by atoms with Crippen molar-refractivity contribution in [1.82, 2.24) is 10.3 Å². The summed E-state index contributed by atoms with van der Waals surface area (Å²) < 4.78 is 5.78. The number of nitrogens with zero attached hydrogens (tertiary/aromatic N) is 1. The largest absolute Gasteiger partial charge is 0.491 e. The normalized spacial score (nSPS) is 10.5. The lowest BCUT2D eigenvalue weighted by Crippen LogP contribution is -2.32. The van der Waals surface area contributed by atoms with Crippen LogP contribution >= 0.6 is 0 Å². The van der Waals surface area contributed by atoms with Gasteiger partial charge in [0.1, 0.15) is 12.4 Å². The van der Waals surface area contributed by atoms with Gasteiger partial charge in [-0.05, 0) is 37.1 Å². The Balaban J connectivity index is 1.53. The van der Waals surface area contributed by atoms with E-state index in [0.717, 1.165) is 27.8 Å². The van der Waals surface area contributed by atoms with Crippen molar-refractivity contribution in [3.8, 4) is 5.75 Å². The van der Waals surface area contributed by atoms with Crippen molar-refractivity contribution in [2.45, 2.75) is 13.8 Å². The monoisotopic (exact) mass is 335 g/mol. The maximum Gasteiger partial charge on any atom is 0.319 e. The molecular formula is C20H21N3O2. The molecular weight excluding hydrogens is 314 g/mol. The lowest BCUT2D eigenvalue weighted by atomic mass is 10.1. The molecule has 0 aliphatic carbocycles. The predicted octanol–water partition coefficient (Wildman–Crippen LogP) is 4.05. The first-order chi connectivity index (χ1) is 12.1. The van der Waals surface area contributed by atoms with Crippen molar-refractivity contribution in [1.29, 1.82) is 0 Å². The molecule has 1 heterocycles. The fourth-order valence-corrected chi connectivity index (χ4v) is 2.72. The van der Waals surface area contributed by atoms with Crippen LogP contribution < -0.4 is 15.4 Å². The minimum Gasteiger partial charge on any atom is -0.491 e. The molecule has 0 fully saturated rings. The average molecular weight is 335 g/mol. The van der Waals surface area contributed by atoms with E-state index in [9.17, 15) is 4.79 Å². The van der Waals surface area contributed by atoms with Crippen LogP contribution in [0.3, 0.4) is 0 Å². The molecule has 25 heavy (non-hydrogen) atoms. The maximum atomic E-state index is 12.1. The minimum absolute atomic E-state index is 0.275.